The Morgan fingerprint density at radius 2 is 1.77 bits per heavy atom. The fraction of sp³-hybridized carbons (Fsp3) is 0.278. The summed E-state index contributed by atoms with van der Waals surface area (Å²) in [7, 11) is 1.65. The third-order valence-corrected chi connectivity index (χ3v) is 3.88. The van der Waals surface area contributed by atoms with Crippen LogP contribution in [0.3, 0.4) is 0 Å². The zero-order valence-corrected chi connectivity index (χ0v) is 12.7. The number of likely N-dealkylation sites (tertiary alicyclic amines) is 1. The number of hydrogen-bond acceptors (Lipinski definition) is 3. The Hall–Kier alpha value is -2.49. The number of carbonyl (C=O) groups excluding carboxylic acids is 1. The van der Waals surface area contributed by atoms with Crippen LogP contribution in [0, 0.1) is 0 Å². The Morgan fingerprint density at radius 3 is 2.45 bits per heavy atom. The Kier molecular flexibility index (Phi) is 4.28. The van der Waals surface area contributed by atoms with E-state index in [2.05, 4.69) is 5.32 Å². The van der Waals surface area contributed by atoms with Gasteiger partial charge < -0.3 is 15.0 Å². The van der Waals surface area contributed by atoms with Crippen LogP contribution in [0.5, 0.6) is 5.75 Å². The van der Waals surface area contributed by atoms with Crippen molar-refractivity contribution in [3.05, 3.63) is 54.1 Å². The van der Waals surface area contributed by atoms with Crippen molar-refractivity contribution in [2.45, 2.75) is 12.8 Å². The molecule has 0 aliphatic carbocycles. The van der Waals surface area contributed by atoms with Gasteiger partial charge in [-0.1, -0.05) is 6.07 Å². The van der Waals surface area contributed by atoms with Crippen LogP contribution in [0.25, 0.3) is 0 Å². The molecule has 0 atom stereocenters. The summed E-state index contributed by atoms with van der Waals surface area (Å²) in [6, 6.07) is 15.4. The van der Waals surface area contributed by atoms with Crippen LogP contribution in [0.4, 0.5) is 11.4 Å². The molecule has 1 fully saturated rings. The van der Waals surface area contributed by atoms with Gasteiger partial charge in [-0.2, -0.15) is 0 Å². The van der Waals surface area contributed by atoms with E-state index in [0.717, 1.165) is 48.6 Å². The van der Waals surface area contributed by atoms with E-state index in [1.807, 2.05) is 53.4 Å². The molecule has 0 radical (unpaired) electrons. The molecular formula is C18H20N2O2. The molecule has 3 rings (SSSR count). The van der Waals surface area contributed by atoms with Crippen LogP contribution in [-0.4, -0.2) is 31.0 Å². The number of methoxy groups -OCH3 is 1. The van der Waals surface area contributed by atoms with E-state index in [9.17, 15) is 4.79 Å². The van der Waals surface area contributed by atoms with Gasteiger partial charge in [0, 0.05) is 36.1 Å². The van der Waals surface area contributed by atoms with E-state index in [0.29, 0.717) is 0 Å². The summed E-state index contributed by atoms with van der Waals surface area (Å²) in [4.78, 5) is 14.2. The summed E-state index contributed by atoms with van der Waals surface area (Å²) in [5.41, 5.74) is 2.65. The number of carbonyl (C=O) groups is 1. The smallest absolute Gasteiger partial charge is 0.253 e. The first-order valence-corrected chi connectivity index (χ1v) is 7.57. The zero-order valence-electron chi connectivity index (χ0n) is 12.7. The van der Waals surface area contributed by atoms with Crippen LogP contribution in [-0.2, 0) is 0 Å². The molecule has 1 N–H and O–H groups in total. The SMILES string of the molecule is COc1cccc(Nc2ccc(C(=O)N3CCCC3)cc2)c1. The quantitative estimate of drug-likeness (QED) is 0.936. The minimum atomic E-state index is 0.130. The fourth-order valence-corrected chi connectivity index (χ4v) is 2.67. The molecule has 0 aromatic heterocycles. The van der Waals surface area contributed by atoms with Crippen LogP contribution < -0.4 is 10.1 Å². The number of benzene rings is 2. The van der Waals surface area contributed by atoms with Crippen molar-refractivity contribution < 1.29 is 9.53 Å². The molecular weight excluding hydrogens is 276 g/mol. The maximum absolute atomic E-state index is 12.3. The van der Waals surface area contributed by atoms with Gasteiger partial charge in [-0.05, 0) is 49.2 Å². The minimum Gasteiger partial charge on any atom is -0.497 e. The van der Waals surface area contributed by atoms with Crippen LogP contribution in [0.2, 0.25) is 0 Å². The van der Waals surface area contributed by atoms with E-state index < -0.39 is 0 Å². The van der Waals surface area contributed by atoms with Gasteiger partial charge in [0.2, 0.25) is 0 Å². The molecule has 4 heteroatoms. The van der Waals surface area contributed by atoms with E-state index in [-0.39, 0.29) is 5.91 Å². The van der Waals surface area contributed by atoms with E-state index >= 15 is 0 Å². The van der Waals surface area contributed by atoms with Crippen molar-refractivity contribution in [3.63, 3.8) is 0 Å². The van der Waals surface area contributed by atoms with Crippen molar-refractivity contribution in [1.82, 2.24) is 4.90 Å². The van der Waals surface area contributed by atoms with Gasteiger partial charge >= 0.3 is 0 Å². The van der Waals surface area contributed by atoms with Gasteiger partial charge in [0.1, 0.15) is 5.75 Å². The molecule has 1 amide bonds. The van der Waals surface area contributed by atoms with Gasteiger partial charge in [0.25, 0.3) is 5.91 Å². The van der Waals surface area contributed by atoms with Gasteiger partial charge in [0.15, 0.2) is 0 Å². The molecule has 2 aromatic rings. The first-order valence-electron chi connectivity index (χ1n) is 7.57. The summed E-state index contributed by atoms with van der Waals surface area (Å²) in [6.45, 7) is 1.76. The topological polar surface area (TPSA) is 41.6 Å². The molecule has 22 heavy (non-hydrogen) atoms. The molecule has 1 saturated heterocycles. The Morgan fingerprint density at radius 1 is 1.05 bits per heavy atom. The van der Waals surface area contributed by atoms with Crippen molar-refractivity contribution in [2.75, 3.05) is 25.5 Å². The highest BCUT2D eigenvalue weighted by Gasteiger charge is 2.19. The maximum atomic E-state index is 12.3. The van der Waals surface area contributed by atoms with E-state index in [4.69, 9.17) is 4.74 Å². The molecule has 0 spiro atoms. The minimum absolute atomic E-state index is 0.130. The standard InChI is InChI=1S/C18H20N2O2/c1-22-17-6-4-5-16(13-17)19-15-9-7-14(8-10-15)18(21)20-11-2-3-12-20/h4-10,13,19H,2-3,11-12H2,1H3. The maximum Gasteiger partial charge on any atom is 0.253 e. The molecule has 2 aromatic carbocycles. The van der Waals surface area contributed by atoms with Gasteiger partial charge in [0.05, 0.1) is 7.11 Å². The van der Waals surface area contributed by atoms with Crippen molar-refractivity contribution in [2.24, 2.45) is 0 Å². The Balaban J connectivity index is 1.69. The average molecular weight is 296 g/mol. The summed E-state index contributed by atoms with van der Waals surface area (Å²) in [6.07, 6.45) is 2.22. The van der Waals surface area contributed by atoms with E-state index in [1.54, 1.807) is 7.11 Å². The predicted octanol–water partition coefficient (Wildman–Crippen LogP) is 3.67. The number of nitrogens with zero attached hydrogens (tertiary/aromatic N) is 1. The number of ether oxygens (including phenoxy) is 1. The van der Waals surface area contributed by atoms with E-state index in [1.165, 1.54) is 0 Å². The Bertz CT molecular complexity index is 646. The second kappa shape index (κ2) is 6.52. The first kappa shape index (κ1) is 14.4. The highest BCUT2D eigenvalue weighted by molar-refractivity contribution is 5.94. The van der Waals surface area contributed by atoms with Crippen LogP contribution in [0.1, 0.15) is 23.2 Å². The number of hydrogen-bond donors (Lipinski definition) is 1. The summed E-state index contributed by atoms with van der Waals surface area (Å²) < 4.78 is 5.21. The summed E-state index contributed by atoms with van der Waals surface area (Å²) in [5.74, 6) is 0.941. The summed E-state index contributed by atoms with van der Waals surface area (Å²) >= 11 is 0. The lowest BCUT2D eigenvalue weighted by Gasteiger charge is -2.15. The molecule has 114 valence electrons. The van der Waals surface area contributed by atoms with Crippen molar-refractivity contribution >= 4 is 17.3 Å². The Labute approximate surface area is 130 Å². The normalized spacial score (nSPS) is 14.0. The average Bonchev–Trinajstić information content (AvgIpc) is 3.09. The number of anilines is 2. The summed E-state index contributed by atoms with van der Waals surface area (Å²) in [5, 5.41) is 3.31. The number of amides is 1. The third-order valence-electron chi connectivity index (χ3n) is 3.88. The van der Waals surface area contributed by atoms with Gasteiger partial charge in [-0.25, -0.2) is 0 Å². The molecule has 0 unspecified atom stereocenters. The molecule has 0 saturated carbocycles. The lowest BCUT2D eigenvalue weighted by Crippen LogP contribution is -2.27. The van der Waals surface area contributed by atoms with Crippen molar-refractivity contribution in [3.8, 4) is 5.75 Å². The molecule has 1 heterocycles. The van der Waals surface area contributed by atoms with Crippen molar-refractivity contribution in [1.29, 1.82) is 0 Å². The molecule has 1 aliphatic rings. The largest absolute Gasteiger partial charge is 0.497 e. The fourth-order valence-electron chi connectivity index (χ4n) is 2.67. The lowest BCUT2D eigenvalue weighted by molar-refractivity contribution is 0.0793. The third kappa shape index (κ3) is 3.22. The van der Waals surface area contributed by atoms with Crippen LogP contribution >= 0.6 is 0 Å². The zero-order chi connectivity index (χ0) is 15.4. The monoisotopic (exact) mass is 296 g/mol. The molecule has 1 aliphatic heterocycles. The highest BCUT2D eigenvalue weighted by Crippen LogP contribution is 2.22. The number of nitrogens with one attached hydrogen (secondary N) is 1. The first-order chi connectivity index (χ1) is 10.8. The predicted molar refractivity (Wildman–Crippen MR) is 87.9 cm³/mol. The number of rotatable bonds is 4. The van der Waals surface area contributed by atoms with Crippen LogP contribution in [0.15, 0.2) is 48.5 Å². The lowest BCUT2D eigenvalue weighted by atomic mass is 10.1. The van der Waals surface area contributed by atoms with Gasteiger partial charge in [-0.3, -0.25) is 4.79 Å². The molecule has 4 nitrogen and oxygen atoms in total. The van der Waals surface area contributed by atoms with Gasteiger partial charge in [-0.15, -0.1) is 0 Å². The second-order valence-corrected chi connectivity index (χ2v) is 5.43. The highest BCUT2D eigenvalue weighted by atomic mass is 16.5. The molecule has 0 bridgehead atoms. The second-order valence-electron chi connectivity index (χ2n) is 5.43.